The van der Waals surface area contributed by atoms with Crippen molar-refractivity contribution in [2.45, 2.75) is 6.54 Å². The fourth-order valence-electron chi connectivity index (χ4n) is 1.91. The summed E-state index contributed by atoms with van der Waals surface area (Å²) in [6.45, 7) is 0.269. The van der Waals surface area contributed by atoms with Crippen molar-refractivity contribution in [3.8, 4) is 0 Å². The van der Waals surface area contributed by atoms with Crippen molar-refractivity contribution in [3.63, 3.8) is 0 Å². The highest BCUT2D eigenvalue weighted by Crippen LogP contribution is 2.23. The van der Waals surface area contributed by atoms with Gasteiger partial charge in [0, 0.05) is 23.6 Å². The maximum absolute atomic E-state index is 13.4. The molecule has 2 aromatic rings. The van der Waals surface area contributed by atoms with Gasteiger partial charge in [-0.15, -0.1) is 0 Å². The maximum atomic E-state index is 13.4. The Bertz CT molecular complexity index is 691. The summed E-state index contributed by atoms with van der Waals surface area (Å²) in [6.07, 6.45) is 0. The minimum absolute atomic E-state index is 0.127. The number of amides is 1. The summed E-state index contributed by atoms with van der Waals surface area (Å²) in [4.78, 5) is 13.7. The molecule has 0 spiro atoms. The highest BCUT2D eigenvalue weighted by atomic mass is 35.5. The second-order valence-electron chi connectivity index (χ2n) is 4.60. The van der Waals surface area contributed by atoms with Crippen molar-refractivity contribution in [2.75, 3.05) is 12.8 Å². The number of anilines is 1. The van der Waals surface area contributed by atoms with E-state index in [4.69, 9.17) is 28.9 Å². The number of nitrogens with zero attached hydrogens (tertiary/aromatic N) is 1. The summed E-state index contributed by atoms with van der Waals surface area (Å²) in [7, 11) is 1.59. The predicted octanol–water partition coefficient (Wildman–Crippen LogP) is 3.99. The van der Waals surface area contributed by atoms with Gasteiger partial charge in [-0.3, -0.25) is 4.79 Å². The standard InChI is InChI=1S/C15H13Cl2FN2O/c1-20(8-9-5-6-10(16)7-12(9)17)15(21)11-3-2-4-13(18)14(11)19/h2-7H,8,19H2,1H3. The monoisotopic (exact) mass is 326 g/mol. The van der Waals surface area contributed by atoms with Gasteiger partial charge in [-0.2, -0.15) is 0 Å². The van der Waals surface area contributed by atoms with Crippen LogP contribution in [-0.2, 0) is 6.54 Å². The van der Waals surface area contributed by atoms with E-state index in [0.29, 0.717) is 10.0 Å². The Morgan fingerprint density at radius 2 is 2.00 bits per heavy atom. The minimum atomic E-state index is -0.612. The molecule has 110 valence electrons. The molecular formula is C15H13Cl2FN2O. The first-order chi connectivity index (χ1) is 9.90. The molecular weight excluding hydrogens is 314 g/mol. The van der Waals surface area contributed by atoms with Gasteiger partial charge in [-0.1, -0.05) is 35.3 Å². The molecule has 0 radical (unpaired) electrons. The first kappa shape index (κ1) is 15.6. The van der Waals surface area contributed by atoms with Crippen LogP contribution in [-0.4, -0.2) is 17.9 Å². The van der Waals surface area contributed by atoms with Crippen LogP contribution in [0.1, 0.15) is 15.9 Å². The summed E-state index contributed by atoms with van der Waals surface area (Å²) in [6, 6.07) is 9.18. The molecule has 0 atom stereocenters. The summed E-state index contributed by atoms with van der Waals surface area (Å²) in [5.74, 6) is -0.989. The normalized spacial score (nSPS) is 10.5. The third-order valence-corrected chi connectivity index (χ3v) is 3.64. The van der Waals surface area contributed by atoms with Crippen molar-refractivity contribution >= 4 is 34.8 Å². The molecule has 0 bridgehead atoms. The Balaban J connectivity index is 2.21. The molecule has 21 heavy (non-hydrogen) atoms. The zero-order chi connectivity index (χ0) is 15.6. The predicted molar refractivity (Wildman–Crippen MR) is 83.1 cm³/mol. The second-order valence-corrected chi connectivity index (χ2v) is 5.44. The van der Waals surface area contributed by atoms with Gasteiger partial charge < -0.3 is 10.6 Å². The van der Waals surface area contributed by atoms with E-state index >= 15 is 0 Å². The average molecular weight is 327 g/mol. The molecule has 2 rings (SSSR count). The van der Waals surface area contributed by atoms with Crippen molar-refractivity contribution in [1.82, 2.24) is 4.90 Å². The van der Waals surface area contributed by atoms with Crippen LogP contribution >= 0.6 is 23.2 Å². The Morgan fingerprint density at radius 1 is 1.29 bits per heavy atom. The second kappa shape index (κ2) is 6.33. The number of carbonyl (C=O) groups is 1. The molecule has 0 fully saturated rings. The number of para-hydroxylation sites is 1. The molecule has 3 nitrogen and oxygen atoms in total. The van der Waals surface area contributed by atoms with Crippen LogP contribution in [0.2, 0.25) is 10.0 Å². The van der Waals surface area contributed by atoms with Gasteiger partial charge >= 0.3 is 0 Å². The number of halogens is 3. The van der Waals surface area contributed by atoms with Crippen molar-refractivity contribution in [2.24, 2.45) is 0 Å². The fraction of sp³-hybridized carbons (Fsp3) is 0.133. The molecule has 2 N–H and O–H groups in total. The molecule has 2 aromatic carbocycles. The van der Waals surface area contributed by atoms with Gasteiger partial charge in [0.25, 0.3) is 5.91 Å². The van der Waals surface area contributed by atoms with Gasteiger partial charge in [-0.05, 0) is 29.8 Å². The molecule has 0 aliphatic heterocycles. The Labute approximate surface area is 132 Å². The third kappa shape index (κ3) is 3.46. The van der Waals surface area contributed by atoms with Crippen LogP contribution in [0, 0.1) is 5.82 Å². The minimum Gasteiger partial charge on any atom is -0.396 e. The van der Waals surface area contributed by atoms with Crippen molar-refractivity contribution in [1.29, 1.82) is 0 Å². The molecule has 6 heteroatoms. The molecule has 0 aliphatic rings. The van der Waals surface area contributed by atoms with E-state index in [0.717, 1.165) is 5.56 Å². The Morgan fingerprint density at radius 3 is 2.67 bits per heavy atom. The first-order valence-corrected chi connectivity index (χ1v) is 6.89. The van der Waals surface area contributed by atoms with E-state index in [9.17, 15) is 9.18 Å². The largest absolute Gasteiger partial charge is 0.396 e. The van der Waals surface area contributed by atoms with E-state index in [1.54, 1.807) is 25.2 Å². The Hall–Kier alpha value is -1.78. The molecule has 1 amide bonds. The summed E-state index contributed by atoms with van der Waals surface area (Å²) in [5, 5.41) is 0.987. The summed E-state index contributed by atoms with van der Waals surface area (Å²) >= 11 is 11.9. The molecule has 0 unspecified atom stereocenters. The summed E-state index contributed by atoms with van der Waals surface area (Å²) < 4.78 is 13.4. The van der Waals surface area contributed by atoms with Crippen molar-refractivity contribution in [3.05, 3.63) is 63.4 Å². The van der Waals surface area contributed by atoms with Gasteiger partial charge in [0.05, 0.1) is 11.3 Å². The zero-order valence-electron chi connectivity index (χ0n) is 11.2. The van der Waals surface area contributed by atoms with Crippen LogP contribution in [0.5, 0.6) is 0 Å². The quantitative estimate of drug-likeness (QED) is 0.867. The van der Waals surface area contributed by atoms with Crippen LogP contribution in [0.15, 0.2) is 36.4 Å². The molecule has 0 aliphatic carbocycles. The van der Waals surface area contributed by atoms with Crippen molar-refractivity contribution < 1.29 is 9.18 Å². The van der Waals surface area contributed by atoms with E-state index in [-0.39, 0.29) is 23.7 Å². The lowest BCUT2D eigenvalue weighted by Crippen LogP contribution is -2.27. The van der Waals surface area contributed by atoms with E-state index < -0.39 is 5.82 Å². The first-order valence-electron chi connectivity index (χ1n) is 6.13. The van der Waals surface area contributed by atoms with Gasteiger partial charge in [0.15, 0.2) is 0 Å². The number of benzene rings is 2. The SMILES string of the molecule is CN(Cc1ccc(Cl)cc1Cl)C(=O)c1cccc(F)c1N. The zero-order valence-corrected chi connectivity index (χ0v) is 12.7. The van der Waals surface area contributed by atoms with E-state index in [1.165, 1.54) is 23.1 Å². The smallest absolute Gasteiger partial charge is 0.256 e. The van der Waals surface area contributed by atoms with Crippen LogP contribution in [0.25, 0.3) is 0 Å². The number of nitrogen functional groups attached to an aromatic ring is 1. The topological polar surface area (TPSA) is 46.3 Å². The number of hydrogen-bond acceptors (Lipinski definition) is 2. The lowest BCUT2D eigenvalue weighted by Gasteiger charge is -2.19. The summed E-state index contributed by atoms with van der Waals surface area (Å²) in [5.41, 5.74) is 6.31. The van der Waals surface area contributed by atoms with Crippen LogP contribution in [0.3, 0.4) is 0 Å². The number of carbonyl (C=O) groups excluding carboxylic acids is 1. The van der Waals surface area contributed by atoms with Crippen LogP contribution < -0.4 is 5.73 Å². The van der Waals surface area contributed by atoms with Gasteiger partial charge in [0.1, 0.15) is 5.82 Å². The molecule has 0 aromatic heterocycles. The fourth-order valence-corrected chi connectivity index (χ4v) is 2.37. The van der Waals surface area contributed by atoms with Gasteiger partial charge in [-0.25, -0.2) is 4.39 Å². The number of rotatable bonds is 3. The Kier molecular flexibility index (Phi) is 4.70. The molecule has 0 heterocycles. The average Bonchev–Trinajstić information content (AvgIpc) is 2.44. The molecule has 0 saturated carbocycles. The number of nitrogens with two attached hydrogens (primary N) is 1. The van der Waals surface area contributed by atoms with E-state index in [1.807, 2.05) is 0 Å². The van der Waals surface area contributed by atoms with E-state index in [2.05, 4.69) is 0 Å². The number of hydrogen-bond donors (Lipinski definition) is 1. The highest BCUT2D eigenvalue weighted by molar-refractivity contribution is 6.35. The van der Waals surface area contributed by atoms with Gasteiger partial charge in [0.2, 0.25) is 0 Å². The molecule has 0 saturated heterocycles. The highest BCUT2D eigenvalue weighted by Gasteiger charge is 2.17. The lowest BCUT2D eigenvalue weighted by atomic mass is 10.1. The van der Waals surface area contributed by atoms with Crippen LogP contribution in [0.4, 0.5) is 10.1 Å². The maximum Gasteiger partial charge on any atom is 0.256 e. The third-order valence-electron chi connectivity index (χ3n) is 3.05. The lowest BCUT2D eigenvalue weighted by molar-refractivity contribution is 0.0786.